The third kappa shape index (κ3) is 3.31. The van der Waals surface area contributed by atoms with Crippen LogP contribution in [-0.4, -0.2) is 43.8 Å². The number of fused-ring (bicyclic) bond motifs is 1. The lowest BCUT2D eigenvalue weighted by Crippen LogP contribution is -2.49. The smallest absolute Gasteiger partial charge is 0.231 e. The number of hydrogen-bond acceptors (Lipinski definition) is 5. The number of ether oxygens (including phenoxy) is 2. The van der Waals surface area contributed by atoms with Crippen molar-refractivity contribution in [3.8, 4) is 5.88 Å². The van der Waals surface area contributed by atoms with Crippen molar-refractivity contribution in [2.24, 2.45) is 0 Å². The molecule has 25 heavy (non-hydrogen) atoms. The monoisotopic (exact) mass is 359 g/mol. The van der Waals surface area contributed by atoms with Crippen LogP contribution in [0.2, 0.25) is 0 Å². The first-order valence-corrected chi connectivity index (χ1v) is 9.57. The van der Waals surface area contributed by atoms with E-state index in [-0.39, 0.29) is 0 Å². The average molecular weight is 359 g/mol. The third-order valence-electron chi connectivity index (χ3n) is 4.80. The summed E-state index contributed by atoms with van der Waals surface area (Å²) in [7, 11) is -1.33. The Bertz CT molecular complexity index is 793. The molecule has 2 aliphatic heterocycles. The van der Waals surface area contributed by atoms with Gasteiger partial charge in [-0.05, 0) is 30.7 Å². The van der Waals surface area contributed by atoms with Crippen molar-refractivity contribution in [1.82, 2.24) is 14.3 Å². The summed E-state index contributed by atoms with van der Waals surface area (Å²) in [4.78, 5) is 9.33. The van der Waals surface area contributed by atoms with Gasteiger partial charge in [-0.25, -0.2) is 13.5 Å². The summed E-state index contributed by atoms with van der Waals surface area (Å²) in [5.41, 5.74) is 1.62. The Kier molecular flexibility index (Phi) is 4.54. The Hall–Kier alpha value is -1.83. The molecule has 1 atom stereocenters. The predicted molar refractivity (Wildman–Crippen MR) is 93.4 cm³/mol. The number of aryl methyl sites for hydroxylation is 1. The highest BCUT2D eigenvalue weighted by Crippen LogP contribution is 2.36. The zero-order valence-electron chi connectivity index (χ0n) is 14.2. The van der Waals surface area contributed by atoms with Crippen molar-refractivity contribution in [1.29, 1.82) is 0 Å². The van der Waals surface area contributed by atoms with E-state index in [1.807, 2.05) is 29.4 Å². The summed E-state index contributed by atoms with van der Waals surface area (Å²) in [6.07, 6.45) is 5.00. The van der Waals surface area contributed by atoms with Gasteiger partial charge in [-0.15, -0.1) is 0 Å². The van der Waals surface area contributed by atoms with Crippen LogP contribution in [-0.2, 0) is 22.3 Å². The second-order valence-electron chi connectivity index (χ2n) is 6.50. The van der Waals surface area contributed by atoms with Gasteiger partial charge in [0.2, 0.25) is 5.88 Å². The van der Waals surface area contributed by atoms with Gasteiger partial charge in [-0.2, -0.15) is 0 Å². The van der Waals surface area contributed by atoms with E-state index in [9.17, 15) is 4.21 Å². The van der Waals surface area contributed by atoms with Crippen LogP contribution < -0.4 is 4.74 Å². The van der Waals surface area contributed by atoms with Crippen LogP contribution in [0.5, 0.6) is 5.88 Å². The molecule has 0 bridgehead atoms. The average Bonchev–Trinajstić information content (AvgIpc) is 2.73. The normalized spacial score (nSPS) is 22.8. The second kappa shape index (κ2) is 6.82. The lowest BCUT2D eigenvalue weighted by Gasteiger charge is -2.38. The van der Waals surface area contributed by atoms with Crippen molar-refractivity contribution < 1.29 is 13.7 Å². The van der Waals surface area contributed by atoms with Gasteiger partial charge < -0.3 is 9.47 Å². The van der Waals surface area contributed by atoms with E-state index in [0.717, 1.165) is 24.1 Å². The largest absolute Gasteiger partial charge is 0.469 e. The summed E-state index contributed by atoms with van der Waals surface area (Å²) in [5, 5.41) is 0. The Morgan fingerprint density at radius 1 is 1.20 bits per heavy atom. The van der Waals surface area contributed by atoms with E-state index in [1.54, 1.807) is 18.5 Å². The molecule has 0 N–H and O–H groups in total. The molecule has 6 nitrogen and oxygen atoms in total. The van der Waals surface area contributed by atoms with E-state index in [0.29, 0.717) is 37.1 Å². The quantitative estimate of drug-likeness (QED) is 0.823. The molecular weight excluding hydrogens is 338 g/mol. The molecule has 0 aromatic carbocycles. The standard InChI is InChI=1S/C18H21N3O3S/c1-14-15(4-2-8-19-14)12-21-13-18(6-10-23-11-7-18)24-17-16(25(21)22)5-3-9-20-17/h2-5,8-9H,6-7,10-13H2,1H3. The van der Waals surface area contributed by atoms with E-state index in [1.165, 1.54) is 0 Å². The highest BCUT2D eigenvalue weighted by molar-refractivity contribution is 7.82. The van der Waals surface area contributed by atoms with Crippen molar-refractivity contribution in [2.75, 3.05) is 19.8 Å². The zero-order chi connectivity index (χ0) is 17.3. The Labute approximate surface area is 149 Å². The first kappa shape index (κ1) is 16.6. The molecule has 0 amide bonds. The van der Waals surface area contributed by atoms with Crippen LogP contribution in [0.4, 0.5) is 0 Å². The minimum absolute atomic E-state index is 0.413. The van der Waals surface area contributed by atoms with Crippen molar-refractivity contribution in [3.05, 3.63) is 47.9 Å². The SMILES string of the molecule is Cc1ncccc1CN1CC2(CCOCC2)Oc2ncccc2S1=O. The van der Waals surface area contributed by atoms with E-state index in [4.69, 9.17) is 9.47 Å². The molecule has 2 aliphatic rings. The van der Waals surface area contributed by atoms with Crippen LogP contribution in [0, 0.1) is 6.92 Å². The molecule has 2 aromatic heterocycles. The van der Waals surface area contributed by atoms with Crippen LogP contribution in [0.1, 0.15) is 24.1 Å². The van der Waals surface area contributed by atoms with Gasteiger partial charge >= 0.3 is 0 Å². The maximum atomic E-state index is 13.2. The van der Waals surface area contributed by atoms with E-state index < -0.39 is 16.6 Å². The first-order chi connectivity index (χ1) is 12.2. The van der Waals surface area contributed by atoms with Gasteiger partial charge in [0.15, 0.2) is 0 Å². The predicted octanol–water partition coefficient (Wildman–Crippen LogP) is 2.25. The Morgan fingerprint density at radius 2 is 1.96 bits per heavy atom. The zero-order valence-corrected chi connectivity index (χ0v) is 15.0. The molecular formula is C18H21N3O3S. The lowest BCUT2D eigenvalue weighted by molar-refractivity contribution is -0.0552. The van der Waals surface area contributed by atoms with Crippen molar-refractivity contribution >= 4 is 11.0 Å². The number of hydrogen-bond donors (Lipinski definition) is 0. The first-order valence-electron chi connectivity index (χ1n) is 8.46. The minimum atomic E-state index is -1.33. The molecule has 0 aliphatic carbocycles. The topological polar surface area (TPSA) is 64.6 Å². The van der Waals surface area contributed by atoms with Gasteiger partial charge in [0.25, 0.3) is 0 Å². The maximum absolute atomic E-state index is 13.2. The van der Waals surface area contributed by atoms with Gasteiger partial charge in [0, 0.05) is 37.5 Å². The number of nitrogens with zero attached hydrogens (tertiary/aromatic N) is 3. The molecule has 1 unspecified atom stereocenters. The van der Waals surface area contributed by atoms with Gasteiger partial charge in [0.1, 0.15) is 21.5 Å². The molecule has 1 fully saturated rings. The number of pyridine rings is 2. The third-order valence-corrected chi connectivity index (χ3v) is 6.22. The van der Waals surface area contributed by atoms with Crippen molar-refractivity contribution in [3.63, 3.8) is 0 Å². The van der Waals surface area contributed by atoms with Gasteiger partial charge in [-0.1, -0.05) is 6.07 Å². The fourth-order valence-electron chi connectivity index (χ4n) is 3.33. The van der Waals surface area contributed by atoms with Crippen LogP contribution >= 0.6 is 0 Å². The molecule has 1 spiro atoms. The highest BCUT2D eigenvalue weighted by Gasteiger charge is 2.42. The van der Waals surface area contributed by atoms with Crippen LogP contribution in [0.25, 0.3) is 0 Å². The molecule has 0 radical (unpaired) electrons. The molecule has 1 saturated heterocycles. The highest BCUT2D eigenvalue weighted by atomic mass is 32.2. The summed E-state index contributed by atoms with van der Waals surface area (Å²) >= 11 is 0. The fourth-order valence-corrected chi connectivity index (χ4v) is 4.66. The Balaban J connectivity index is 1.72. The van der Waals surface area contributed by atoms with Crippen molar-refractivity contribution in [2.45, 2.75) is 36.8 Å². The maximum Gasteiger partial charge on any atom is 0.231 e. The molecule has 7 heteroatoms. The van der Waals surface area contributed by atoms with Gasteiger partial charge in [-0.3, -0.25) is 4.98 Å². The van der Waals surface area contributed by atoms with E-state index >= 15 is 0 Å². The lowest BCUT2D eigenvalue weighted by atomic mass is 9.93. The minimum Gasteiger partial charge on any atom is -0.469 e. The summed E-state index contributed by atoms with van der Waals surface area (Å²) in [6.45, 7) is 4.41. The molecule has 2 aromatic rings. The number of rotatable bonds is 2. The van der Waals surface area contributed by atoms with Crippen LogP contribution in [0.15, 0.2) is 41.6 Å². The summed E-state index contributed by atoms with van der Waals surface area (Å²) in [5.74, 6) is 0.480. The van der Waals surface area contributed by atoms with Gasteiger partial charge in [0.05, 0.1) is 19.8 Å². The Morgan fingerprint density at radius 3 is 2.76 bits per heavy atom. The molecule has 132 valence electrons. The number of aromatic nitrogens is 2. The fraction of sp³-hybridized carbons (Fsp3) is 0.444. The molecule has 4 heterocycles. The van der Waals surface area contributed by atoms with E-state index in [2.05, 4.69) is 9.97 Å². The molecule has 0 saturated carbocycles. The molecule has 4 rings (SSSR count). The summed E-state index contributed by atoms with van der Waals surface area (Å²) in [6, 6.07) is 7.58. The summed E-state index contributed by atoms with van der Waals surface area (Å²) < 4.78 is 27.1. The van der Waals surface area contributed by atoms with Crippen LogP contribution in [0.3, 0.4) is 0 Å². The second-order valence-corrected chi connectivity index (χ2v) is 7.95.